The number of carbonyl (C=O) groups is 2. The number of nitrogens with one attached hydrogen (secondary N) is 2. The zero-order chi connectivity index (χ0) is 22.1. The molecule has 0 saturated heterocycles. The Morgan fingerprint density at radius 3 is 2.10 bits per heavy atom. The van der Waals surface area contributed by atoms with Gasteiger partial charge < -0.3 is 24.8 Å². The Labute approximate surface area is 177 Å². The molecule has 2 rings (SSSR count). The van der Waals surface area contributed by atoms with Gasteiger partial charge >= 0.3 is 0 Å². The van der Waals surface area contributed by atoms with Gasteiger partial charge in [-0.15, -0.1) is 0 Å². The summed E-state index contributed by atoms with van der Waals surface area (Å²) in [4.78, 5) is 24.6. The fourth-order valence-electron chi connectivity index (χ4n) is 2.81. The van der Waals surface area contributed by atoms with Crippen LogP contribution in [-0.4, -0.2) is 39.2 Å². The molecule has 2 N–H and O–H groups in total. The van der Waals surface area contributed by atoms with Crippen LogP contribution in [0.15, 0.2) is 48.5 Å². The summed E-state index contributed by atoms with van der Waals surface area (Å²) >= 11 is 0. The van der Waals surface area contributed by atoms with E-state index in [9.17, 15) is 9.59 Å². The number of rotatable bonds is 9. The van der Waals surface area contributed by atoms with Crippen molar-refractivity contribution in [3.63, 3.8) is 0 Å². The first-order chi connectivity index (χ1) is 14.4. The summed E-state index contributed by atoms with van der Waals surface area (Å²) in [6, 6.07) is 11.7. The molecule has 0 heterocycles. The molecule has 2 aromatic carbocycles. The van der Waals surface area contributed by atoms with Gasteiger partial charge in [-0.1, -0.05) is 12.1 Å². The highest BCUT2D eigenvalue weighted by Crippen LogP contribution is 2.29. The van der Waals surface area contributed by atoms with Crippen LogP contribution in [0.25, 0.3) is 6.08 Å². The van der Waals surface area contributed by atoms with Crippen molar-refractivity contribution in [3.05, 3.63) is 59.7 Å². The highest BCUT2D eigenvalue weighted by Gasteiger charge is 2.19. The SMILES string of the molecule is COc1ccc(/C=C/C(=O)NC(C)C(=O)NC(C)c2ccc(OC)cc2OC)cc1. The van der Waals surface area contributed by atoms with Crippen molar-refractivity contribution >= 4 is 17.9 Å². The molecule has 0 fully saturated rings. The first-order valence-electron chi connectivity index (χ1n) is 9.52. The molecule has 160 valence electrons. The monoisotopic (exact) mass is 412 g/mol. The molecule has 0 aliphatic carbocycles. The third-order valence-corrected chi connectivity index (χ3v) is 4.56. The van der Waals surface area contributed by atoms with E-state index >= 15 is 0 Å². The van der Waals surface area contributed by atoms with Crippen molar-refractivity contribution in [1.82, 2.24) is 10.6 Å². The third-order valence-electron chi connectivity index (χ3n) is 4.56. The van der Waals surface area contributed by atoms with Crippen LogP contribution in [0.3, 0.4) is 0 Å². The van der Waals surface area contributed by atoms with E-state index in [0.29, 0.717) is 11.5 Å². The molecule has 2 aromatic rings. The average molecular weight is 412 g/mol. The molecule has 0 bridgehead atoms. The van der Waals surface area contributed by atoms with Gasteiger partial charge in [0.15, 0.2) is 0 Å². The van der Waals surface area contributed by atoms with Crippen molar-refractivity contribution in [2.75, 3.05) is 21.3 Å². The zero-order valence-corrected chi connectivity index (χ0v) is 17.9. The quantitative estimate of drug-likeness (QED) is 0.618. The second-order valence-corrected chi connectivity index (χ2v) is 6.67. The van der Waals surface area contributed by atoms with Crippen LogP contribution in [0.4, 0.5) is 0 Å². The minimum Gasteiger partial charge on any atom is -0.497 e. The Morgan fingerprint density at radius 2 is 1.50 bits per heavy atom. The molecule has 7 heteroatoms. The fourth-order valence-corrected chi connectivity index (χ4v) is 2.81. The van der Waals surface area contributed by atoms with Crippen LogP contribution >= 0.6 is 0 Å². The molecule has 0 aromatic heterocycles. The Morgan fingerprint density at radius 1 is 0.867 bits per heavy atom. The predicted octanol–water partition coefficient (Wildman–Crippen LogP) is 3.11. The number of benzene rings is 2. The molecule has 7 nitrogen and oxygen atoms in total. The minimum atomic E-state index is -0.704. The van der Waals surface area contributed by atoms with E-state index in [1.165, 1.54) is 6.08 Å². The third kappa shape index (κ3) is 6.27. The van der Waals surface area contributed by atoms with Gasteiger partial charge in [0, 0.05) is 17.7 Å². The Balaban J connectivity index is 1.93. The molecule has 0 spiro atoms. The van der Waals surface area contributed by atoms with Gasteiger partial charge in [-0.2, -0.15) is 0 Å². The van der Waals surface area contributed by atoms with Gasteiger partial charge in [-0.25, -0.2) is 0 Å². The summed E-state index contributed by atoms with van der Waals surface area (Å²) in [5, 5.41) is 5.55. The van der Waals surface area contributed by atoms with Crippen LogP contribution < -0.4 is 24.8 Å². The van der Waals surface area contributed by atoms with Crippen molar-refractivity contribution in [2.45, 2.75) is 25.9 Å². The van der Waals surface area contributed by atoms with Gasteiger partial charge in [0.1, 0.15) is 23.3 Å². The van der Waals surface area contributed by atoms with Crippen LogP contribution in [0.5, 0.6) is 17.2 Å². The lowest BCUT2D eigenvalue weighted by molar-refractivity contribution is -0.127. The van der Waals surface area contributed by atoms with Crippen molar-refractivity contribution in [2.24, 2.45) is 0 Å². The number of hydrogen-bond donors (Lipinski definition) is 2. The molecule has 2 amide bonds. The Kier molecular flexibility index (Phi) is 8.29. The molecule has 0 aliphatic rings. The molecule has 30 heavy (non-hydrogen) atoms. The van der Waals surface area contributed by atoms with Crippen LogP contribution in [0.1, 0.15) is 31.0 Å². The van der Waals surface area contributed by atoms with Gasteiger partial charge in [0.05, 0.1) is 27.4 Å². The highest BCUT2D eigenvalue weighted by atomic mass is 16.5. The van der Waals surface area contributed by atoms with Crippen LogP contribution in [0, 0.1) is 0 Å². The second-order valence-electron chi connectivity index (χ2n) is 6.67. The summed E-state index contributed by atoms with van der Waals surface area (Å²) in [7, 11) is 4.73. The lowest BCUT2D eigenvalue weighted by atomic mass is 10.1. The van der Waals surface area contributed by atoms with E-state index < -0.39 is 6.04 Å². The van der Waals surface area contributed by atoms with Gasteiger partial charge in [0.2, 0.25) is 11.8 Å². The van der Waals surface area contributed by atoms with Crippen LogP contribution in [-0.2, 0) is 9.59 Å². The van der Waals surface area contributed by atoms with E-state index in [-0.39, 0.29) is 17.9 Å². The van der Waals surface area contributed by atoms with E-state index in [1.807, 2.05) is 37.3 Å². The van der Waals surface area contributed by atoms with Crippen LogP contribution in [0.2, 0.25) is 0 Å². The maximum atomic E-state index is 12.5. The highest BCUT2D eigenvalue weighted by molar-refractivity contribution is 5.95. The van der Waals surface area contributed by atoms with Gasteiger partial charge in [0.25, 0.3) is 0 Å². The van der Waals surface area contributed by atoms with Crippen molar-refractivity contribution in [3.8, 4) is 17.2 Å². The topological polar surface area (TPSA) is 85.9 Å². The molecule has 0 saturated carbocycles. The van der Waals surface area contributed by atoms with E-state index in [2.05, 4.69) is 10.6 Å². The van der Waals surface area contributed by atoms with Crippen molar-refractivity contribution in [1.29, 1.82) is 0 Å². The Bertz CT molecular complexity index is 893. The van der Waals surface area contributed by atoms with Gasteiger partial charge in [-0.3, -0.25) is 9.59 Å². The summed E-state index contributed by atoms with van der Waals surface area (Å²) in [5.41, 5.74) is 1.66. The molecule has 0 aliphatic heterocycles. The fraction of sp³-hybridized carbons (Fsp3) is 0.304. The normalized spacial score (nSPS) is 12.7. The zero-order valence-electron chi connectivity index (χ0n) is 17.9. The molecule has 2 atom stereocenters. The van der Waals surface area contributed by atoms with E-state index in [1.54, 1.807) is 46.5 Å². The number of ether oxygens (including phenoxy) is 3. The first kappa shape index (κ1) is 22.8. The minimum absolute atomic E-state index is 0.299. The number of hydrogen-bond acceptors (Lipinski definition) is 5. The summed E-state index contributed by atoms with van der Waals surface area (Å²) in [6.45, 7) is 3.48. The first-order valence-corrected chi connectivity index (χ1v) is 9.52. The lowest BCUT2D eigenvalue weighted by Gasteiger charge is -2.20. The molecular weight excluding hydrogens is 384 g/mol. The van der Waals surface area contributed by atoms with E-state index in [0.717, 1.165) is 16.9 Å². The van der Waals surface area contributed by atoms with Crippen molar-refractivity contribution < 1.29 is 23.8 Å². The second kappa shape index (κ2) is 10.9. The standard InChI is InChI=1S/C23H28N2O5/c1-15(20-12-11-19(29-4)14-21(20)30-5)25-23(27)16(2)24-22(26)13-8-17-6-9-18(28-3)10-7-17/h6-16H,1-5H3,(H,24,26)(H,25,27)/b13-8+. The smallest absolute Gasteiger partial charge is 0.244 e. The maximum Gasteiger partial charge on any atom is 0.244 e. The average Bonchev–Trinajstić information content (AvgIpc) is 2.77. The summed E-state index contributed by atoms with van der Waals surface area (Å²) < 4.78 is 15.7. The predicted molar refractivity (Wildman–Crippen MR) is 116 cm³/mol. The Hall–Kier alpha value is -3.48. The molecule has 2 unspecified atom stereocenters. The largest absolute Gasteiger partial charge is 0.497 e. The molecular formula is C23H28N2O5. The molecule has 0 radical (unpaired) electrons. The summed E-state index contributed by atoms with van der Waals surface area (Å²) in [5.74, 6) is 1.36. The number of carbonyl (C=O) groups excluding carboxylic acids is 2. The summed E-state index contributed by atoms with van der Waals surface area (Å²) in [6.07, 6.45) is 3.06. The lowest BCUT2D eigenvalue weighted by Crippen LogP contribution is -2.45. The van der Waals surface area contributed by atoms with Gasteiger partial charge in [-0.05, 0) is 49.8 Å². The number of amides is 2. The van der Waals surface area contributed by atoms with E-state index in [4.69, 9.17) is 14.2 Å². The maximum absolute atomic E-state index is 12.5. The number of methoxy groups -OCH3 is 3.